The van der Waals surface area contributed by atoms with Gasteiger partial charge in [-0.3, -0.25) is 9.78 Å². The predicted octanol–water partition coefficient (Wildman–Crippen LogP) is 4.00. The van der Waals surface area contributed by atoms with Crippen LogP contribution in [0.2, 0.25) is 0 Å². The van der Waals surface area contributed by atoms with E-state index in [0.29, 0.717) is 12.1 Å². The molecular weight excluding hydrogens is 435 g/mol. The largest absolute Gasteiger partial charge is 0.416 e. The summed E-state index contributed by atoms with van der Waals surface area (Å²) in [6.07, 6.45) is -6.25. The number of carbonyl (C=O) groups is 1. The molecule has 0 aliphatic rings. The summed E-state index contributed by atoms with van der Waals surface area (Å²) in [5.41, 5.74) is 0.970. The summed E-state index contributed by atoms with van der Waals surface area (Å²) < 4.78 is 92.9. The van der Waals surface area contributed by atoms with Gasteiger partial charge in [0.05, 0.1) is 22.9 Å². The quantitative estimate of drug-likeness (QED) is 0.486. The number of hydrogen-bond donors (Lipinski definition) is 1. The highest BCUT2D eigenvalue weighted by molar-refractivity contribution is 6.22. The molecule has 13 heteroatoms. The molecule has 0 unspecified atom stereocenters. The Balaban J connectivity index is 2.08. The Morgan fingerprint density at radius 2 is 1.65 bits per heavy atom. The zero-order chi connectivity index (χ0) is 23.0. The molecule has 0 spiro atoms. The minimum atomic E-state index is -5.05. The van der Waals surface area contributed by atoms with E-state index < -0.39 is 46.6 Å². The number of nitrogens with two attached hydrogens (primary N) is 1. The maximum absolute atomic E-state index is 13.9. The van der Waals surface area contributed by atoms with Crippen LogP contribution in [0.3, 0.4) is 0 Å². The average molecular weight is 445 g/mol. The van der Waals surface area contributed by atoms with E-state index in [2.05, 4.69) is 15.1 Å². The van der Waals surface area contributed by atoms with Crippen LogP contribution in [0.5, 0.6) is 0 Å². The molecule has 1 aromatic carbocycles. The molecule has 0 fully saturated rings. The third kappa shape index (κ3) is 4.87. The summed E-state index contributed by atoms with van der Waals surface area (Å²) in [4.78, 5) is 18.9. The number of amides is 1. The fourth-order valence-corrected chi connectivity index (χ4v) is 2.55. The maximum atomic E-state index is 13.9. The number of benzene rings is 1. The molecule has 2 aromatic heterocycles. The molecule has 31 heavy (non-hydrogen) atoms. The van der Waals surface area contributed by atoms with Gasteiger partial charge < -0.3 is 5.73 Å². The summed E-state index contributed by atoms with van der Waals surface area (Å²) in [5.74, 6) is -2.45. The Hall–Kier alpha value is -3.77. The minimum Gasteiger partial charge on any atom is -0.366 e. The molecule has 1 amide bonds. The Morgan fingerprint density at radius 1 is 1.03 bits per heavy atom. The van der Waals surface area contributed by atoms with Crippen LogP contribution < -0.4 is 5.73 Å². The van der Waals surface area contributed by atoms with Crippen molar-refractivity contribution in [2.45, 2.75) is 12.4 Å². The molecular formula is C18H10F7N5O. The second kappa shape index (κ2) is 7.81. The number of pyridine rings is 1. The molecule has 0 bridgehead atoms. The van der Waals surface area contributed by atoms with Crippen LogP contribution in [0, 0.1) is 5.82 Å². The highest BCUT2D eigenvalue weighted by Gasteiger charge is 2.37. The fraction of sp³-hybridized carbons (Fsp3) is 0.111. The van der Waals surface area contributed by atoms with Gasteiger partial charge in [-0.15, -0.1) is 5.10 Å². The third-order valence-corrected chi connectivity index (χ3v) is 3.94. The summed E-state index contributed by atoms with van der Waals surface area (Å²) in [5, 5.41) is 3.75. The molecule has 2 N–H and O–H groups in total. The van der Waals surface area contributed by atoms with Gasteiger partial charge in [0, 0.05) is 23.5 Å². The van der Waals surface area contributed by atoms with Gasteiger partial charge in [-0.05, 0) is 24.3 Å². The lowest BCUT2D eigenvalue weighted by Crippen LogP contribution is -2.15. The molecule has 0 radical (unpaired) electrons. The monoisotopic (exact) mass is 445 g/mol. The number of halogens is 7. The van der Waals surface area contributed by atoms with Gasteiger partial charge in [0.25, 0.3) is 5.91 Å². The summed E-state index contributed by atoms with van der Waals surface area (Å²) in [6, 6.07) is 2.02. The van der Waals surface area contributed by atoms with Crippen molar-refractivity contribution in [3.8, 4) is 11.4 Å². The van der Waals surface area contributed by atoms with E-state index in [1.54, 1.807) is 0 Å². The van der Waals surface area contributed by atoms with Crippen LogP contribution in [-0.2, 0) is 17.1 Å². The molecule has 2 heterocycles. The topological polar surface area (TPSA) is 86.7 Å². The first-order valence-corrected chi connectivity index (χ1v) is 8.19. The molecule has 0 saturated carbocycles. The molecule has 0 atom stereocenters. The molecule has 0 aliphatic heterocycles. The van der Waals surface area contributed by atoms with E-state index in [0.717, 1.165) is 29.5 Å². The van der Waals surface area contributed by atoms with Gasteiger partial charge in [0.1, 0.15) is 12.1 Å². The van der Waals surface area contributed by atoms with Gasteiger partial charge in [-0.1, -0.05) is 0 Å². The second-order valence-electron chi connectivity index (χ2n) is 6.11. The van der Waals surface area contributed by atoms with Gasteiger partial charge >= 0.3 is 12.4 Å². The molecule has 3 rings (SSSR count). The second-order valence-corrected chi connectivity index (χ2v) is 6.11. The van der Waals surface area contributed by atoms with Crippen LogP contribution in [-0.4, -0.2) is 25.7 Å². The Bertz CT molecular complexity index is 1130. The van der Waals surface area contributed by atoms with Crippen molar-refractivity contribution in [2.24, 2.45) is 5.73 Å². The van der Waals surface area contributed by atoms with Crippen molar-refractivity contribution in [3.05, 3.63) is 65.5 Å². The van der Waals surface area contributed by atoms with Crippen molar-refractivity contribution in [3.63, 3.8) is 0 Å². The first-order chi connectivity index (χ1) is 14.4. The molecule has 6 nitrogen and oxygen atoms in total. The van der Waals surface area contributed by atoms with E-state index in [1.807, 2.05) is 0 Å². The first-order valence-electron chi connectivity index (χ1n) is 8.19. The first kappa shape index (κ1) is 21.9. The Labute approximate surface area is 168 Å². The van der Waals surface area contributed by atoms with Gasteiger partial charge in [0.2, 0.25) is 0 Å². The maximum Gasteiger partial charge on any atom is 0.416 e. The van der Waals surface area contributed by atoms with Crippen molar-refractivity contribution >= 4 is 17.7 Å². The number of rotatable bonds is 4. The average Bonchev–Trinajstić information content (AvgIpc) is 3.14. The number of aromatic nitrogens is 4. The van der Waals surface area contributed by atoms with Crippen LogP contribution >= 0.6 is 0 Å². The van der Waals surface area contributed by atoms with Crippen molar-refractivity contribution in [1.29, 1.82) is 0 Å². The number of nitrogens with zero attached hydrogens (tertiary/aromatic N) is 4. The lowest BCUT2D eigenvalue weighted by atomic mass is 10.0. The Morgan fingerprint density at radius 3 is 2.16 bits per heavy atom. The number of carbonyl (C=O) groups excluding carboxylic acids is 1. The van der Waals surface area contributed by atoms with E-state index in [-0.39, 0.29) is 17.2 Å². The Kier molecular flexibility index (Phi) is 5.53. The molecule has 162 valence electrons. The van der Waals surface area contributed by atoms with Crippen molar-refractivity contribution in [1.82, 2.24) is 19.7 Å². The van der Waals surface area contributed by atoms with Crippen LogP contribution in [0.15, 0.2) is 43.0 Å². The SMILES string of the molecule is NC(=O)/C(=C/n1cnc(-c2cc(C(F)(F)F)cc(C(F)(F)F)c2)n1)c1ccncc1F. The van der Waals surface area contributed by atoms with Gasteiger partial charge in [0.15, 0.2) is 5.82 Å². The number of primary amides is 1. The van der Waals surface area contributed by atoms with Crippen LogP contribution in [0.1, 0.15) is 16.7 Å². The smallest absolute Gasteiger partial charge is 0.366 e. The normalized spacial score (nSPS) is 12.8. The van der Waals surface area contributed by atoms with E-state index in [4.69, 9.17) is 5.73 Å². The van der Waals surface area contributed by atoms with Gasteiger partial charge in [-0.2, -0.15) is 26.3 Å². The third-order valence-electron chi connectivity index (χ3n) is 3.94. The summed E-state index contributed by atoms with van der Waals surface area (Å²) in [7, 11) is 0. The van der Waals surface area contributed by atoms with E-state index in [9.17, 15) is 35.5 Å². The van der Waals surface area contributed by atoms with Crippen LogP contribution in [0.4, 0.5) is 30.7 Å². The highest BCUT2D eigenvalue weighted by atomic mass is 19.4. The fourth-order valence-electron chi connectivity index (χ4n) is 2.55. The molecule has 3 aromatic rings. The van der Waals surface area contributed by atoms with E-state index in [1.165, 1.54) is 6.20 Å². The summed E-state index contributed by atoms with van der Waals surface area (Å²) >= 11 is 0. The zero-order valence-electron chi connectivity index (χ0n) is 15.0. The van der Waals surface area contributed by atoms with Crippen molar-refractivity contribution in [2.75, 3.05) is 0 Å². The number of alkyl halides is 6. The lowest BCUT2D eigenvalue weighted by Gasteiger charge is -2.13. The minimum absolute atomic E-state index is 0.0300. The predicted molar refractivity (Wildman–Crippen MR) is 93.0 cm³/mol. The highest BCUT2D eigenvalue weighted by Crippen LogP contribution is 2.38. The zero-order valence-corrected chi connectivity index (χ0v) is 15.0. The molecule has 0 aliphatic carbocycles. The van der Waals surface area contributed by atoms with Gasteiger partial charge in [-0.25, -0.2) is 14.1 Å². The van der Waals surface area contributed by atoms with Crippen molar-refractivity contribution < 1.29 is 35.5 Å². The standard InChI is InChI=1S/C18H10F7N5O/c19-14-6-27-2-1-12(14)13(15(26)31)7-30-8-28-16(29-30)9-3-10(17(20,21)22)5-11(4-9)18(23,24)25/h1-8H,(H2,26,31)/b13-7+. The summed E-state index contributed by atoms with van der Waals surface area (Å²) in [6.45, 7) is 0. The molecule has 0 saturated heterocycles. The lowest BCUT2D eigenvalue weighted by molar-refractivity contribution is -0.143. The van der Waals surface area contributed by atoms with Crippen LogP contribution in [0.25, 0.3) is 23.2 Å². The van der Waals surface area contributed by atoms with E-state index >= 15 is 0 Å². The number of hydrogen-bond acceptors (Lipinski definition) is 4.